The van der Waals surface area contributed by atoms with Gasteiger partial charge in [0, 0.05) is 53.1 Å². The molecule has 0 radical (unpaired) electrons. The molecule has 13 rings (SSSR count). The Morgan fingerprint density at radius 3 is 1.41 bits per heavy atom. The van der Waals surface area contributed by atoms with E-state index in [1.165, 1.54) is 95.7 Å². The Hall–Kier alpha value is -7.76. The fraction of sp³-hybridized carbons (Fsp3) is 0. The van der Waals surface area contributed by atoms with E-state index in [4.69, 9.17) is 0 Å². The fourth-order valence-electron chi connectivity index (χ4n) is 10.8. The number of nitrogens with zero attached hydrogens (tertiary/aromatic N) is 2. The highest BCUT2D eigenvalue weighted by Gasteiger charge is 2.41. The second-order valence-corrected chi connectivity index (χ2v) is 21.7. The van der Waals surface area contributed by atoms with Crippen molar-refractivity contribution in [2.45, 2.75) is 0 Å². The first-order valence-electron chi connectivity index (χ1n) is 22.0. The number of para-hydroxylation sites is 2. The zero-order valence-electron chi connectivity index (χ0n) is 34.9. The summed E-state index contributed by atoms with van der Waals surface area (Å²) in [6, 6.07) is 90.5. The highest BCUT2D eigenvalue weighted by molar-refractivity contribution is 7.26. The highest BCUT2D eigenvalue weighted by atomic mass is 32.1. The van der Waals surface area contributed by atoms with Crippen molar-refractivity contribution >= 4 is 104 Å². The number of benzene rings is 10. The summed E-state index contributed by atoms with van der Waals surface area (Å²) in [4.78, 5) is 0. The quantitative estimate of drug-likeness (QED) is 0.112. The van der Waals surface area contributed by atoms with Crippen molar-refractivity contribution < 1.29 is 0 Å². The van der Waals surface area contributed by atoms with Gasteiger partial charge in [0.05, 0.1) is 22.1 Å². The van der Waals surface area contributed by atoms with E-state index in [1.54, 1.807) is 0 Å². The zero-order valence-corrected chi connectivity index (χ0v) is 36.7. The van der Waals surface area contributed by atoms with E-state index in [2.05, 4.69) is 252 Å². The Kier molecular flexibility index (Phi) is 8.45. The van der Waals surface area contributed by atoms with Gasteiger partial charge < -0.3 is 9.13 Å². The lowest BCUT2D eigenvalue weighted by Crippen LogP contribution is -2.74. The van der Waals surface area contributed by atoms with Crippen LogP contribution in [-0.4, -0.2) is 17.2 Å². The van der Waals surface area contributed by atoms with E-state index in [9.17, 15) is 0 Å². The van der Waals surface area contributed by atoms with Crippen molar-refractivity contribution in [2.24, 2.45) is 0 Å². The highest BCUT2D eigenvalue weighted by Crippen LogP contribution is 2.42. The number of rotatable bonds is 7. The standard InChI is InChI=1S/C60H40N2SSi/c1-4-19-44(20-5-1)64(45-21-6-2-7-22-45,46-23-8-3-9-24-46)47-25-16-18-42(39-47)61-54-30-13-11-27-50(54)52-37-35-43(40-57(52)61)62-55-31-14-10-26-49(55)51-36-34-41(38-56(51)62)48-29-17-33-59-60(48)53-28-12-15-32-58(53)63-59/h1-40H. The Morgan fingerprint density at radius 1 is 0.297 bits per heavy atom. The molecule has 10 aromatic carbocycles. The van der Waals surface area contributed by atoms with E-state index < -0.39 is 8.07 Å². The first-order chi connectivity index (χ1) is 31.8. The van der Waals surface area contributed by atoms with Crippen molar-refractivity contribution in [3.63, 3.8) is 0 Å². The molecular weight excluding hydrogens is 809 g/mol. The van der Waals surface area contributed by atoms with Crippen LogP contribution in [0.2, 0.25) is 0 Å². The molecule has 0 aliphatic heterocycles. The Bertz CT molecular complexity index is 3800. The molecule has 300 valence electrons. The lowest BCUT2D eigenvalue weighted by Gasteiger charge is -2.34. The number of fused-ring (bicyclic) bond motifs is 9. The van der Waals surface area contributed by atoms with Gasteiger partial charge in [0.1, 0.15) is 0 Å². The van der Waals surface area contributed by atoms with Crippen LogP contribution in [0.5, 0.6) is 0 Å². The average Bonchev–Trinajstić information content (AvgIpc) is 4.03. The molecule has 0 amide bonds. The van der Waals surface area contributed by atoms with Crippen molar-refractivity contribution in [2.75, 3.05) is 0 Å². The molecule has 0 aliphatic carbocycles. The summed E-state index contributed by atoms with van der Waals surface area (Å²) in [6.45, 7) is 0. The van der Waals surface area contributed by atoms with Gasteiger partial charge in [-0.3, -0.25) is 0 Å². The summed E-state index contributed by atoms with van der Waals surface area (Å²) in [5, 5.41) is 13.1. The molecule has 2 nitrogen and oxygen atoms in total. The number of thiophene rings is 1. The molecule has 3 aromatic heterocycles. The van der Waals surface area contributed by atoms with Gasteiger partial charge in [-0.2, -0.15) is 0 Å². The summed E-state index contributed by atoms with van der Waals surface area (Å²) in [5.74, 6) is 0. The Balaban J connectivity index is 1.06. The summed E-state index contributed by atoms with van der Waals surface area (Å²) in [6.07, 6.45) is 0. The lowest BCUT2D eigenvalue weighted by molar-refractivity contribution is 1.16. The minimum Gasteiger partial charge on any atom is -0.309 e. The SMILES string of the molecule is c1ccc([Si](c2ccccc2)(c2ccccc2)c2cccc(-n3c4ccccc4c4ccc(-n5c6ccccc6c6ccc(-c7cccc8sc9ccccc9c78)cc65)cc43)c2)cc1. The zero-order chi connectivity index (χ0) is 42.2. The third kappa shape index (κ3) is 5.50. The minimum atomic E-state index is -2.77. The monoisotopic (exact) mass is 848 g/mol. The molecule has 0 saturated heterocycles. The van der Waals surface area contributed by atoms with Gasteiger partial charge in [0.15, 0.2) is 8.07 Å². The average molecular weight is 849 g/mol. The van der Waals surface area contributed by atoms with Gasteiger partial charge in [0.2, 0.25) is 0 Å². The van der Waals surface area contributed by atoms with Crippen LogP contribution in [0.4, 0.5) is 0 Å². The van der Waals surface area contributed by atoms with Crippen molar-refractivity contribution in [1.82, 2.24) is 9.13 Å². The summed E-state index contributed by atoms with van der Waals surface area (Å²) >= 11 is 1.87. The van der Waals surface area contributed by atoms with Crippen LogP contribution in [0.15, 0.2) is 243 Å². The van der Waals surface area contributed by atoms with Crippen LogP contribution in [-0.2, 0) is 0 Å². The molecule has 0 saturated carbocycles. The third-order valence-corrected chi connectivity index (χ3v) is 19.4. The van der Waals surface area contributed by atoms with Gasteiger partial charge in [-0.1, -0.05) is 188 Å². The normalized spacial score (nSPS) is 12.1. The van der Waals surface area contributed by atoms with Crippen LogP contribution < -0.4 is 20.7 Å². The predicted octanol–water partition coefficient (Wildman–Crippen LogP) is 13.3. The first kappa shape index (κ1) is 36.9. The number of hydrogen-bond acceptors (Lipinski definition) is 1. The molecule has 4 heteroatoms. The van der Waals surface area contributed by atoms with E-state index in [0.717, 1.165) is 11.4 Å². The van der Waals surface area contributed by atoms with Gasteiger partial charge >= 0.3 is 0 Å². The first-order valence-corrected chi connectivity index (χ1v) is 24.8. The largest absolute Gasteiger partial charge is 0.309 e. The van der Waals surface area contributed by atoms with Crippen molar-refractivity contribution in [1.29, 1.82) is 0 Å². The number of hydrogen-bond donors (Lipinski definition) is 0. The Morgan fingerprint density at radius 2 is 0.766 bits per heavy atom. The third-order valence-electron chi connectivity index (χ3n) is 13.5. The Labute approximate surface area is 376 Å². The molecule has 0 atom stereocenters. The molecule has 0 N–H and O–H groups in total. The molecule has 0 spiro atoms. The maximum Gasteiger partial charge on any atom is 0.179 e. The van der Waals surface area contributed by atoms with E-state index in [-0.39, 0.29) is 0 Å². The molecule has 13 aromatic rings. The second-order valence-electron chi connectivity index (χ2n) is 16.8. The van der Waals surface area contributed by atoms with E-state index in [0.29, 0.717) is 0 Å². The smallest absolute Gasteiger partial charge is 0.179 e. The molecule has 0 aliphatic rings. The summed E-state index contributed by atoms with van der Waals surface area (Å²) < 4.78 is 7.62. The van der Waals surface area contributed by atoms with Gasteiger partial charge in [-0.25, -0.2) is 0 Å². The minimum absolute atomic E-state index is 1.14. The van der Waals surface area contributed by atoms with Crippen molar-refractivity contribution in [3.8, 4) is 22.5 Å². The maximum absolute atomic E-state index is 2.77. The predicted molar refractivity (Wildman–Crippen MR) is 277 cm³/mol. The maximum atomic E-state index is 2.50. The summed E-state index contributed by atoms with van der Waals surface area (Å²) in [7, 11) is -2.77. The molecule has 64 heavy (non-hydrogen) atoms. The fourth-order valence-corrected chi connectivity index (χ4v) is 16.7. The van der Waals surface area contributed by atoms with Gasteiger partial charge in [0.25, 0.3) is 0 Å². The van der Waals surface area contributed by atoms with Gasteiger partial charge in [-0.05, 0) is 86.5 Å². The second kappa shape index (κ2) is 14.7. The van der Waals surface area contributed by atoms with E-state index in [1.807, 2.05) is 11.3 Å². The van der Waals surface area contributed by atoms with Crippen LogP contribution >= 0.6 is 11.3 Å². The number of aromatic nitrogens is 2. The molecular formula is C60H40N2SSi. The van der Waals surface area contributed by atoms with Crippen LogP contribution in [0.1, 0.15) is 0 Å². The molecule has 0 unspecified atom stereocenters. The molecule has 0 bridgehead atoms. The topological polar surface area (TPSA) is 9.86 Å². The van der Waals surface area contributed by atoms with Crippen LogP contribution in [0.3, 0.4) is 0 Å². The van der Waals surface area contributed by atoms with Gasteiger partial charge in [-0.15, -0.1) is 11.3 Å². The van der Waals surface area contributed by atoms with Crippen LogP contribution in [0, 0.1) is 0 Å². The van der Waals surface area contributed by atoms with Crippen molar-refractivity contribution in [3.05, 3.63) is 243 Å². The summed E-state index contributed by atoms with van der Waals surface area (Å²) in [5.41, 5.74) is 9.55. The van der Waals surface area contributed by atoms with Crippen LogP contribution in [0.25, 0.3) is 86.3 Å². The lowest BCUT2D eigenvalue weighted by atomic mass is 9.98. The molecule has 3 heterocycles. The van der Waals surface area contributed by atoms with E-state index >= 15 is 0 Å². The molecule has 0 fully saturated rings.